The first-order valence-electron chi connectivity index (χ1n) is 6.71. The van der Waals surface area contributed by atoms with Gasteiger partial charge in [-0.25, -0.2) is 0 Å². The molecule has 0 aliphatic carbocycles. The molecule has 5 heteroatoms. The average molecular weight is 304 g/mol. The maximum absolute atomic E-state index is 11.6. The first kappa shape index (κ1) is 16.6. The minimum Gasteiger partial charge on any atom is -0.373 e. The molecule has 1 aliphatic heterocycles. The standard InChI is InChI=1S/C14H21NO2S.ClH/c16-13(14-6-3-9-18-14)11-17-8-2-5-12-4-1-7-15-10-12;/h3,6,9,12,15H,1-2,4-5,7-8,10-11H2;1H. The van der Waals surface area contributed by atoms with E-state index in [2.05, 4.69) is 5.32 Å². The summed E-state index contributed by atoms with van der Waals surface area (Å²) in [6, 6.07) is 3.75. The fraction of sp³-hybridized carbons (Fsp3) is 0.643. The Bertz CT molecular complexity index is 350. The zero-order valence-electron chi connectivity index (χ0n) is 11.1. The van der Waals surface area contributed by atoms with Crippen LogP contribution in [0.3, 0.4) is 0 Å². The number of piperidine rings is 1. The highest BCUT2D eigenvalue weighted by Crippen LogP contribution is 2.15. The van der Waals surface area contributed by atoms with Gasteiger partial charge in [-0.3, -0.25) is 4.79 Å². The zero-order chi connectivity index (χ0) is 12.6. The van der Waals surface area contributed by atoms with E-state index in [-0.39, 0.29) is 24.8 Å². The van der Waals surface area contributed by atoms with Gasteiger partial charge in [0.25, 0.3) is 0 Å². The van der Waals surface area contributed by atoms with E-state index in [1.54, 1.807) is 0 Å². The molecule has 1 atom stereocenters. The summed E-state index contributed by atoms with van der Waals surface area (Å²) in [5, 5.41) is 5.34. The minimum absolute atomic E-state index is 0. The minimum atomic E-state index is 0. The second kappa shape index (κ2) is 9.48. The Labute approximate surface area is 125 Å². The molecule has 1 N–H and O–H groups in total. The molecule has 2 heterocycles. The normalized spacial score (nSPS) is 18.8. The van der Waals surface area contributed by atoms with Gasteiger partial charge < -0.3 is 10.1 Å². The number of halogens is 1. The topological polar surface area (TPSA) is 38.3 Å². The van der Waals surface area contributed by atoms with Crippen molar-refractivity contribution in [2.24, 2.45) is 5.92 Å². The predicted octanol–water partition coefficient (Wildman–Crippen LogP) is 3.15. The average Bonchev–Trinajstić information content (AvgIpc) is 2.93. The molecule has 3 nitrogen and oxygen atoms in total. The molecule has 0 saturated carbocycles. The molecular weight excluding hydrogens is 282 g/mol. The highest BCUT2D eigenvalue weighted by atomic mass is 35.5. The smallest absolute Gasteiger partial charge is 0.198 e. The summed E-state index contributed by atoms with van der Waals surface area (Å²) in [6.45, 7) is 3.24. The van der Waals surface area contributed by atoms with Crippen LogP contribution in [0.25, 0.3) is 0 Å². The summed E-state index contributed by atoms with van der Waals surface area (Å²) in [5.41, 5.74) is 0. The largest absolute Gasteiger partial charge is 0.373 e. The first-order chi connectivity index (χ1) is 8.86. The lowest BCUT2D eigenvalue weighted by Crippen LogP contribution is -2.29. The number of hydrogen-bond donors (Lipinski definition) is 1. The lowest BCUT2D eigenvalue weighted by molar-refractivity contribution is 0.0749. The molecule has 0 aromatic carbocycles. The van der Waals surface area contributed by atoms with Crippen molar-refractivity contribution >= 4 is 29.5 Å². The Hall–Kier alpha value is -0.420. The second-order valence-corrected chi connectivity index (χ2v) is 5.76. The van der Waals surface area contributed by atoms with Crippen molar-refractivity contribution in [1.29, 1.82) is 0 Å². The van der Waals surface area contributed by atoms with Crippen LogP contribution in [0, 0.1) is 5.92 Å². The van der Waals surface area contributed by atoms with Crippen LogP contribution in [-0.2, 0) is 4.74 Å². The van der Waals surface area contributed by atoms with Gasteiger partial charge in [0.1, 0.15) is 6.61 Å². The van der Waals surface area contributed by atoms with Crippen molar-refractivity contribution in [2.75, 3.05) is 26.3 Å². The number of nitrogens with one attached hydrogen (secondary N) is 1. The molecule has 19 heavy (non-hydrogen) atoms. The van der Waals surface area contributed by atoms with Crippen LogP contribution >= 0.6 is 23.7 Å². The van der Waals surface area contributed by atoms with Gasteiger partial charge in [-0.2, -0.15) is 0 Å². The summed E-state index contributed by atoms with van der Waals surface area (Å²) in [7, 11) is 0. The van der Waals surface area contributed by atoms with E-state index in [0.717, 1.165) is 23.8 Å². The lowest BCUT2D eigenvalue weighted by atomic mass is 9.95. The van der Waals surface area contributed by atoms with Gasteiger partial charge in [0.2, 0.25) is 0 Å². The highest BCUT2D eigenvalue weighted by molar-refractivity contribution is 7.12. The monoisotopic (exact) mass is 303 g/mol. The molecule has 1 saturated heterocycles. The van der Waals surface area contributed by atoms with Crippen LogP contribution in [0.2, 0.25) is 0 Å². The predicted molar refractivity (Wildman–Crippen MR) is 81.5 cm³/mol. The SMILES string of the molecule is Cl.O=C(COCCCC1CCCNC1)c1cccs1. The van der Waals surface area contributed by atoms with Crippen molar-refractivity contribution in [3.8, 4) is 0 Å². The third kappa shape index (κ3) is 6.04. The quantitative estimate of drug-likeness (QED) is 0.621. The van der Waals surface area contributed by atoms with Crippen molar-refractivity contribution in [3.63, 3.8) is 0 Å². The van der Waals surface area contributed by atoms with Gasteiger partial charge in [-0.15, -0.1) is 23.7 Å². The number of Topliss-reactive ketones (excluding diaryl/α,β-unsaturated/α-hetero) is 1. The van der Waals surface area contributed by atoms with E-state index in [0.29, 0.717) is 6.61 Å². The van der Waals surface area contributed by atoms with Crippen molar-refractivity contribution in [1.82, 2.24) is 5.32 Å². The van der Waals surface area contributed by atoms with Crippen LogP contribution in [0.5, 0.6) is 0 Å². The molecule has 0 amide bonds. The zero-order valence-corrected chi connectivity index (χ0v) is 12.7. The maximum atomic E-state index is 11.6. The van der Waals surface area contributed by atoms with Crippen LogP contribution in [-0.4, -0.2) is 32.1 Å². The van der Waals surface area contributed by atoms with Crippen LogP contribution in [0.1, 0.15) is 35.4 Å². The highest BCUT2D eigenvalue weighted by Gasteiger charge is 2.12. The van der Waals surface area contributed by atoms with Gasteiger partial charge >= 0.3 is 0 Å². The maximum Gasteiger partial charge on any atom is 0.198 e. The Balaban J connectivity index is 0.00000180. The molecule has 2 rings (SSSR count). The van der Waals surface area contributed by atoms with Gasteiger partial charge in [-0.05, 0) is 56.1 Å². The number of carbonyl (C=O) groups is 1. The van der Waals surface area contributed by atoms with E-state index in [1.165, 1.54) is 37.1 Å². The van der Waals surface area contributed by atoms with E-state index in [1.807, 2.05) is 17.5 Å². The Morgan fingerprint density at radius 3 is 3.11 bits per heavy atom. The summed E-state index contributed by atoms with van der Waals surface area (Å²) in [5.74, 6) is 0.902. The molecule has 1 fully saturated rings. The summed E-state index contributed by atoms with van der Waals surface area (Å²) >= 11 is 1.48. The molecule has 1 aromatic rings. The third-order valence-electron chi connectivity index (χ3n) is 3.33. The molecule has 0 radical (unpaired) electrons. The molecule has 1 unspecified atom stereocenters. The van der Waals surface area contributed by atoms with Gasteiger partial charge in [0.05, 0.1) is 4.88 Å². The Kier molecular flexibility index (Phi) is 8.30. The van der Waals surface area contributed by atoms with Gasteiger partial charge in [-0.1, -0.05) is 6.07 Å². The molecule has 0 spiro atoms. The van der Waals surface area contributed by atoms with Gasteiger partial charge in [0.15, 0.2) is 5.78 Å². The molecule has 1 aromatic heterocycles. The number of carbonyl (C=O) groups excluding carboxylic acids is 1. The molecular formula is C14H22ClNO2S. The summed E-state index contributed by atoms with van der Waals surface area (Å²) < 4.78 is 5.45. The van der Waals surface area contributed by atoms with Crippen molar-refractivity contribution < 1.29 is 9.53 Å². The molecule has 108 valence electrons. The first-order valence-corrected chi connectivity index (χ1v) is 7.59. The summed E-state index contributed by atoms with van der Waals surface area (Å²) in [4.78, 5) is 12.4. The number of hydrogen-bond acceptors (Lipinski definition) is 4. The van der Waals surface area contributed by atoms with Crippen LogP contribution in [0.4, 0.5) is 0 Å². The van der Waals surface area contributed by atoms with Crippen molar-refractivity contribution in [3.05, 3.63) is 22.4 Å². The van der Waals surface area contributed by atoms with Crippen molar-refractivity contribution in [2.45, 2.75) is 25.7 Å². The number of ether oxygens (including phenoxy) is 1. The van der Waals surface area contributed by atoms with E-state index in [9.17, 15) is 4.79 Å². The Morgan fingerprint density at radius 2 is 2.42 bits per heavy atom. The lowest BCUT2D eigenvalue weighted by Gasteiger charge is -2.22. The van der Waals surface area contributed by atoms with E-state index >= 15 is 0 Å². The second-order valence-electron chi connectivity index (χ2n) is 4.81. The molecule has 1 aliphatic rings. The fourth-order valence-electron chi connectivity index (χ4n) is 2.32. The summed E-state index contributed by atoms with van der Waals surface area (Å²) in [6.07, 6.45) is 4.90. The van der Waals surface area contributed by atoms with Crippen LogP contribution in [0.15, 0.2) is 17.5 Å². The van der Waals surface area contributed by atoms with E-state index in [4.69, 9.17) is 4.74 Å². The Morgan fingerprint density at radius 1 is 1.53 bits per heavy atom. The third-order valence-corrected chi connectivity index (χ3v) is 4.24. The molecule has 0 bridgehead atoms. The number of ketones is 1. The van der Waals surface area contributed by atoms with Gasteiger partial charge in [0, 0.05) is 6.61 Å². The fourth-order valence-corrected chi connectivity index (χ4v) is 2.97. The number of thiophene rings is 1. The van der Waals surface area contributed by atoms with Crippen LogP contribution < -0.4 is 5.32 Å². The van der Waals surface area contributed by atoms with E-state index < -0.39 is 0 Å². The number of rotatable bonds is 7.